The molecule has 74 valence electrons. The van der Waals surface area contributed by atoms with Crippen LogP contribution in [0.5, 0.6) is 0 Å². The van der Waals surface area contributed by atoms with Gasteiger partial charge in [-0.1, -0.05) is 12.7 Å². The van der Waals surface area contributed by atoms with Crippen molar-refractivity contribution in [3.05, 3.63) is 42.2 Å². The summed E-state index contributed by atoms with van der Waals surface area (Å²) in [5, 5.41) is 8.82. The van der Waals surface area contributed by atoms with Crippen molar-refractivity contribution >= 4 is 5.97 Å². The van der Waals surface area contributed by atoms with E-state index in [1.54, 1.807) is 6.07 Å². The molecule has 0 radical (unpaired) electrons. The smallest absolute Gasteiger partial charge is 0.357 e. The molecule has 1 aromatic rings. The van der Waals surface area contributed by atoms with Crippen LogP contribution >= 0.6 is 0 Å². The third-order valence-corrected chi connectivity index (χ3v) is 1.55. The second-order valence-corrected chi connectivity index (χ2v) is 2.59. The van der Waals surface area contributed by atoms with E-state index in [-0.39, 0.29) is 18.9 Å². The summed E-state index contributed by atoms with van der Waals surface area (Å²) in [7, 11) is 0. The maximum Gasteiger partial charge on any atom is 0.357 e. The van der Waals surface area contributed by atoms with E-state index in [1.165, 1.54) is 18.3 Å². The Hall–Kier alpha value is -1.68. The molecule has 4 nitrogen and oxygen atoms in total. The van der Waals surface area contributed by atoms with Crippen LogP contribution in [0.1, 0.15) is 16.1 Å². The molecule has 0 spiro atoms. The van der Waals surface area contributed by atoms with Crippen LogP contribution < -0.4 is 0 Å². The number of aromatic nitrogens is 1. The lowest BCUT2D eigenvalue weighted by Crippen LogP contribution is -2.07. The highest BCUT2D eigenvalue weighted by Gasteiger charge is 2.07. The largest absolute Gasteiger partial charge is 0.457 e. The lowest BCUT2D eigenvalue weighted by Gasteiger charge is -2.01. The van der Waals surface area contributed by atoms with E-state index in [9.17, 15) is 4.79 Å². The minimum atomic E-state index is -0.514. The van der Waals surface area contributed by atoms with Gasteiger partial charge in [0.05, 0.1) is 6.61 Å². The van der Waals surface area contributed by atoms with Crippen molar-refractivity contribution < 1.29 is 14.6 Å². The number of aliphatic hydroxyl groups is 1. The van der Waals surface area contributed by atoms with Gasteiger partial charge in [0, 0.05) is 6.20 Å². The molecule has 0 aliphatic heterocycles. The highest BCUT2D eigenvalue weighted by molar-refractivity contribution is 5.87. The zero-order valence-corrected chi connectivity index (χ0v) is 7.64. The third kappa shape index (κ3) is 2.67. The summed E-state index contributed by atoms with van der Waals surface area (Å²) in [5.41, 5.74) is 0.823. The molecule has 0 saturated carbocycles. The Bertz CT molecular complexity index is 336. The number of pyridine rings is 1. The van der Waals surface area contributed by atoms with Gasteiger partial charge in [-0.25, -0.2) is 9.78 Å². The van der Waals surface area contributed by atoms with E-state index < -0.39 is 5.97 Å². The molecule has 0 atom stereocenters. The Balaban J connectivity index is 2.73. The normalized spacial score (nSPS) is 9.50. The zero-order valence-electron chi connectivity index (χ0n) is 7.64. The van der Waals surface area contributed by atoms with Crippen LogP contribution in [-0.2, 0) is 11.3 Å². The average Bonchev–Trinajstić information content (AvgIpc) is 2.26. The van der Waals surface area contributed by atoms with Gasteiger partial charge in [-0.2, -0.15) is 0 Å². The molecule has 0 bridgehead atoms. The first-order valence-electron chi connectivity index (χ1n) is 4.11. The van der Waals surface area contributed by atoms with E-state index in [2.05, 4.69) is 11.6 Å². The van der Waals surface area contributed by atoms with Crippen LogP contribution in [-0.4, -0.2) is 22.7 Å². The van der Waals surface area contributed by atoms with E-state index in [4.69, 9.17) is 9.84 Å². The number of carbonyl (C=O) groups is 1. The minimum Gasteiger partial charge on any atom is -0.457 e. The van der Waals surface area contributed by atoms with Crippen molar-refractivity contribution in [1.82, 2.24) is 4.98 Å². The third-order valence-electron chi connectivity index (χ3n) is 1.55. The van der Waals surface area contributed by atoms with Crippen LogP contribution in [0.25, 0.3) is 0 Å². The fraction of sp³-hybridized carbons (Fsp3) is 0.200. The minimum absolute atomic E-state index is 0.121. The van der Waals surface area contributed by atoms with Gasteiger partial charge in [0.15, 0.2) is 0 Å². The molecule has 1 rings (SSSR count). The summed E-state index contributed by atoms with van der Waals surface area (Å²) in [6.45, 7) is 3.46. The summed E-state index contributed by atoms with van der Waals surface area (Å²) in [6.07, 6.45) is 2.93. The summed E-state index contributed by atoms with van der Waals surface area (Å²) >= 11 is 0. The summed E-state index contributed by atoms with van der Waals surface area (Å²) in [5.74, 6) is -0.514. The predicted octanol–water partition coefficient (Wildman–Crippen LogP) is 0.917. The number of hydrogen-bond donors (Lipinski definition) is 1. The molecule has 1 N–H and O–H groups in total. The van der Waals surface area contributed by atoms with Crippen LogP contribution in [0.2, 0.25) is 0 Å². The molecule has 0 saturated heterocycles. The second-order valence-electron chi connectivity index (χ2n) is 2.59. The summed E-state index contributed by atoms with van der Waals surface area (Å²) < 4.78 is 4.78. The SMILES string of the molecule is C=CCOC(=O)c1cc(CO)ccn1. The van der Waals surface area contributed by atoms with Crippen molar-refractivity contribution in [1.29, 1.82) is 0 Å². The van der Waals surface area contributed by atoms with Gasteiger partial charge in [0.1, 0.15) is 12.3 Å². The first kappa shape index (κ1) is 10.4. The quantitative estimate of drug-likeness (QED) is 0.570. The molecule has 1 heterocycles. The van der Waals surface area contributed by atoms with Gasteiger partial charge in [-0.15, -0.1) is 0 Å². The number of aliphatic hydroxyl groups excluding tert-OH is 1. The Morgan fingerprint density at radius 2 is 2.50 bits per heavy atom. The van der Waals surface area contributed by atoms with Crippen molar-refractivity contribution in [2.45, 2.75) is 6.61 Å². The molecule has 0 aliphatic carbocycles. The molecule has 0 aromatic carbocycles. The standard InChI is InChI=1S/C10H11NO3/c1-2-5-14-10(13)9-6-8(7-12)3-4-11-9/h2-4,6,12H,1,5,7H2. The Morgan fingerprint density at radius 1 is 1.71 bits per heavy atom. The highest BCUT2D eigenvalue weighted by Crippen LogP contribution is 2.03. The van der Waals surface area contributed by atoms with Crippen molar-refractivity contribution in [2.24, 2.45) is 0 Å². The van der Waals surface area contributed by atoms with E-state index in [0.717, 1.165) is 0 Å². The number of rotatable bonds is 4. The first-order valence-corrected chi connectivity index (χ1v) is 4.11. The Labute approximate surface area is 81.9 Å². The lowest BCUT2D eigenvalue weighted by molar-refractivity contribution is 0.0542. The van der Waals surface area contributed by atoms with E-state index >= 15 is 0 Å². The second kappa shape index (κ2) is 5.14. The van der Waals surface area contributed by atoms with Gasteiger partial charge < -0.3 is 9.84 Å². The van der Waals surface area contributed by atoms with Crippen molar-refractivity contribution in [3.63, 3.8) is 0 Å². The van der Waals surface area contributed by atoms with Crippen LogP contribution in [0.4, 0.5) is 0 Å². The molecule has 0 aliphatic rings. The molecular weight excluding hydrogens is 182 g/mol. The molecule has 0 unspecified atom stereocenters. The van der Waals surface area contributed by atoms with Gasteiger partial charge in [0.25, 0.3) is 0 Å². The maximum absolute atomic E-state index is 11.3. The van der Waals surface area contributed by atoms with Crippen LogP contribution in [0.3, 0.4) is 0 Å². The number of esters is 1. The summed E-state index contributed by atoms with van der Waals surface area (Å²) in [6, 6.07) is 3.12. The van der Waals surface area contributed by atoms with Gasteiger partial charge in [0.2, 0.25) is 0 Å². The van der Waals surface area contributed by atoms with Gasteiger partial charge >= 0.3 is 5.97 Å². The van der Waals surface area contributed by atoms with Gasteiger partial charge in [-0.3, -0.25) is 0 Å². The highest BCUT2D eigenvalue weighted by atomic mass is 16.5. The topological polar surface area (TPSA) is 59.4 Å². The zero-order chi connectivity index (χ0) is 10.4. The molecule has 14 heavy (non-hydrogen) atoms. The molecule has 0 fully saturated rings. The average molecular weight is 193 g/mol. The van der Waals surface area contributed by atoms with Gasteiger partial charge in [-0.05, 0) is 17.7 Å². The van der Waals surface area contributed by atoms with Crippen LogP contribution in [0, 0.1) is 0 Å². The fourth-order valence-electron chi connectivity index (χ4n) is 0.893. The molecule has 0 amide bonds. The number of carbonyl (C=O) groups excluding carboxylic acids is 1. The molecular formula is C10H11NO3. The number of ether oxygens (including phenoxy) is 1. The predicted molar refractivity (Wildman–Crippen MR) is 50.6 cm³/mol. The fourth-order valence-corrected chi connectivity index (χ4v) is 0.893. The number of hydrogen-bond acceptors (Lipinski definition) is 4. The Morgan fingerprint density at radius 3 is 3.14 bits per heavy atom. The van der Waals surface area contributed by atoms with Crippen molar-refractivity contribution in [3.8, 4) is 0 Å². The van der Waals surface area contributed by atoms with E-state index in [1.807, 2.05) is 0 Å². The summed E-state index contributed by atoms with van der Waals surface area (Å²) in [4.78, 5) is 15.1. The lowest BCUT2D eigenvalue weighted by atomic mass is 10.2. The van der Waals surface area contributed by atoms with Crippen LogP contribution in [0.15, 0.2) is 31.0 Å². The Kier molecular flexibility index (Phi) is 3.82. The van der Waals surface area contributed by atoms with Crippen molar-refractivity contribution in [2.75, 3.05) is 6.61 Å². The molecule has 1 aromatic heterocycles. The number of nitrogens with zero attached hydrogens (tertiary/aromatic N) is 1. The maximum atomic E-state index is 11.3. The molecule has 4 heteroatoms. The monoisotopic (exact) mass is 193 g/mol. The first-order chi connectivity index (χ1) is 6.77. The van der Waals surface area contributed by atoms with E-state index in [0.29, 0.717) is 5.56 Å².